The molecule has 0 aromatic heterocycles. The van der Waals surface area contributed by atoms with Crippen LogP contribution >= 0.6 is 11.8 Å². The fourth-order valence-electron chi connectivity index (χ4n) is 0.656. The molecule has 66 valence electrons. The van der Waals surface area contributed by atoms with Crippen LogP contribution in [0, 0.1) is 5.92 Å². The monoisotopic (exact) mass is 176 g/mol. The Morgan fingerprint density at radius 3 is 2.55 bits per heavy atom. The summed E-state index contributed by atoms with van der Waals surface area (Å²) >= 11 is 1.69. The minimum atomic E-state index is 0.0874. The van der Waals surface area contributed by atoms with E-state index in [0.717, 1.165) is 5.75 Å². The van der Waals surface area contributed by atoms with Gasteiger partial charge in [-0.05, 0) is 6.26 Å². The number of nitrogens with zero attached hydrogens (tertiary/aromatic N) is 1. The topological polar surface area (TPSA) is 32.3 Å². The summed E-state index contributed by atoms with van der Waals surface area (Å²) in [6, 6.07) is 0. The van der Waals surface area contributed by atoms with Crippen molar-refractivity contribution in [1.29, 1.82) is 0 Å². The Kier molecular flexibility index (Phi) is 5.32. The van der Waals surface area contributed by atoms with Gasteiger partial charge in [-0.1, -0.05) is 6.92 Å². The van der Waals surface area contributed by atoms with E-state index in [-0.39, 0.29) is 11.8 Å². The molecule has 11 heavy (non-hydrogen) atoms. The summed E-state index contributed by atoms with van der Waals surface area (Å²) in [5, 5.41) is 1.67. The smallest absolute Gasteiger partial charge is 0.237 e. The molecular weight excluding hydrogens is 160 g/mol. The van der Waals surface area contributed by atoms with Crippen molar-refractivity contribution in [2.75, 3.05) is 26.1 Å². The van der Waals surface area contributed by atoms with Gasteiger partial charge >= 0.3 is 0 Å². The molecule has 4 heteroatoms. The van der Waals surface area contributed by atoms with E-state index in [1.54, 1.807) is 16.8 Å². The highest BCUT2D eigenvalue weighted by Gasteiger charge is 2.11. The normalized spacial score (nSPS) is 13.2. The predicted octanol–water partition coefficient (Wildman–Crippen LogP) is 0.578. The molecule has 0 spiro atoms. The molecule has 3 nitrogen and oxygen atoms in total. The molecule has 0 aliphatic carbocycles. The van der Waals surface area contributed by atoms with E-state index in [4.69, 9.17) is 0 Å². The van der Waals surface area contributed by atoms with Gasteiger partial charge in [0, 0.05) is 25.8 Å². The first kappa shape index (κ1) is 10.8. The van der Waals surface area contributed by atoms with Crippen molar-refractivity contribution in [2.24, 2.45) is 5.92 Å². The van der Waals surface area contributed by atoms with Crippen LogP contribution in [-0.4, -0.2) is 37.0 Å². The molecule has 0 aliphatic rings. The number of carbonyl (C=O) groups excluding carboxylic acids is 1. The van der Waals surface area contributed by atoms with Crippen LogP contribution in [0.5, 0.6) is 0 Å². The first-order valence-corrected chi connectivity index (χ1v) is 4.94. The third kappa shape index (κ3) is 5.09. The lowest BCUT2D eigenvalue weighted by molar-refractivity contribution is -0.127. The van der Waals surface area contributed by atoms with Crippen molar-refractivity contribution in [1.82, 2.24) is 10.4 Å². The Labute approximate surface area is 72.5 Å². The van der Waals surface area contributed by atoms with E-state index >= 15 is 0 Å². The number of hydrogen-bond donors (Lipinski definition) is 1. The number of nitrogens with one attached hydrogen (secondary N) is 1. The van der Waals surface area contributed by atoms with Crippen LogP contribution in [0.3, 0.4) is 0 Å². The second-order valence-electron chi connectivity index (χ2n) is 2.73. The van der Waals surface area contributed by atoms with E-state index in [1.165, 1.54) is 0 Å². The van der Waals surface area contributed by atoms with Crippen molar-refractivity contribution >= 4 is 17.7 Å². The maximum Gasteiger partial charge on any atom is 0.237 e. The molecule has 1 amide bonds. The molecule has 1 unspecified atom stereocenters. The molecule has 0 aromatic rings. The summed E-state index contributed by atoms with van der Waals surface area (Å²) in [7, 11) is 3.62. The zero-order valence-electron chi connectivity index (χ0n) is 7.55. The number of carbonyl (C=O) groups is 1. The molecule has 0 radical (unpaired) electrons. The molecule has 0 heterocycles. The van der Waals surface area contributed by atoms with Gasteiger partial charge in [0.25, 0.3) is 0 Å². The van der Waals surface area contributed by atoms with Crippen molar-refractivity contribution < 1.29 is 4.79 Å². The molecule has 0 bridgehead atoms. The fourth-order valence-corrected chi connectivity index (χ4v) is 1.31. The third-order valence-electron chi connectivity index (χ3n) is 1.20. The predicted molar refractivity (Wildman–Crippen MR) is 49.4 cm³/mol. The Morgan fingerprint density at radius 2 is 2.18 bits per heavy atom. The maximum absolute atomic E-state index is 11.2. The van der Waals surface area contributed by atoms with Gasteiger partial charge in [0.05, 0.1) is 0 Å². The lowest BCUT2D eigenvalue weighted by Gasteiger charge is -2.15. The summed E-state index contributed by atoms with van der Waals surface area (Å²) in [5.74, 6) is 1.05. The second kappa shape index (κ2) is 5.43. The molecule has 0 saturated carbocycles. The summed E-state index contributed by atoms with van der Waals surface area (Å²) in [5.41, 5.74) is 2.71. The van der Waals surface area contributed by atoms with Gasteiger partial charge in [0.1, 0.15) is 0 Å². The average molecular weight is 176 g/mol. The van der Waals surface area contributed by atoms with E-state index in [1.807, 2.05) is 27.3 Å². The van der Waals surface area contributed by atoms with Crippen LogP contribution in [-0.2, 0) is 4.79 Å². The third-order valence-corrected chi connectivity index (χ3v) is 2.03. The van der Waals surface area contributed by atoms with Gasteiger partial charge in [-0.15, -0.1) is 0 Å². The number of hydrazine groups is 1. The van der Waals surface area contributed by atoms with Crippen LogP contribution in [0.4, 0.5) is 0 Å². The standard InChI is InChI=1S/C7H16N2OS/c1-6(5-11-4)7(10)8-9(2)3/h6H,5H2,1-4H3,(H,8,10). The lowest BCUT2D eigenvalue weighted by atomic mass is 10.2. The number of hydrogen-bond acceptors (Lipinski definition) is 3. The highest BCUT2D eigenvalue weighted by Crippen LogP contribution is 2.03. The first-order valence-electron chi connectivity index (χ1n) is 3.54. The molecular formula is C7H16N2OS. The highest BCUT2D eigenvalue weighted by molar-refractivity contribution is 7.98. The van der Waals surface area contributed by atoms with E-state index < -0.39 is 0 Å². The van der Waals surface area contributed by atoms with Crippen LogP contribution in [0.1, 0.15) is 6.92 Å². The minimum Gasteiger partial charge on any atom is -0.289 e. The summed E-state index contributed by atoms with van der Waals surface area (Å²) < 4.78 is 0. The Bertz CT molecular complexity index is 128. The molecule has 0 saturated heterocycles. The summed E-state index contributed by atoms with van der Waals surface area (Å²) in [4.78, 5) is 11.2. The molecule has 0 rings (SSSR count). The van der Waals surface area contributed by atoms with Gasteiger partial charge in [-0.2, -0.15) is 11.8 Å². The minimum absolute atomic E-state index is 0.0874. The van der Waals surface area contributed by atoms with Gasteiger partial charge in [-0.25, -0.2) is 5.01 Å². The molecule has 0 fully saturated rings. The van der Waals surface area contributed by atoms with Gasteiger partial charge < -0.3 is 0 Å². The number of rotatable bonds is 4. The number of amides is 1. The van der Waals surface area contributed by atoms with Crippen molar-refractivity contribution in [3.05, 3.63) is 0 Å². The summed E-state index contributed by atoms with van der Waals surface area (Å²) in [6.07, 6.45) is 2.00. The Balaban J connectivity index is 3.64. The van der Waals surface area contributed by atoms with Crippen molar-refractivity contribution in [3.8, 4) is 0 Å². The highest BCUT2D eigenvalue weighted by atomic mass is 32.2. The van der Waals surface area contributed by atoms with Crippen LogP contribution < -0.4 is 5.43 Å². The Hall–Kier alpha value is -0.220. The van der Waals surface area contributed by atoms with Gasteiger partial charge in [0.2, 0.25) is 5.91 Å². The zero-order chi connectivity index (χ0) is 8.85. The van der Waals surface area contributed by atoms with E-state index in [9.17, 15) is 4.79 Å². The first-order chi connectivity index (χ1) is 5.07. The van der Waals surface area contributed by atoms with Crippen LogP contribution in [0.2, 0.25) is 0 Å². The van der Waals surface area contributed by atoms with E-state index in [2.05, 4.69) is 5.43 Å². The fraction of sp³-hybridized carbons (Fsp3) is 0.857. The molecule has 1 atom stereocenters. The summed E-state index contributed by atoms with van der Waals surface area (Å²) in [6.45, 7) is 1.93. The van der Waals surface area contributed by atoms with Gasteiger partial charge in [-0.3, -0.25) is 10.2 Å². The zero-order valence-corrected chi connectivity index (χ0v) is 8.36. The molecule has 1 N–H and O–H groups in total. The second-order valence-corrected chi connectivity index (χ2v) is 3.64. The Morgan fingerprint density at radius 1 is 1.64 bits per heavy atom. The van der Waals surface area contributed by atoms with Crippen molar-refractivity contribution in [3.63, 3.8) is 0 Å². The lowest BCUT2D eigenvalue weighted by Crippen LogP contribution is -2.40. The van der Waals surface area contributed by atoms with Crippen LogP contribution in [0.25, 0.3) is 0 Å². The maximum atomic E-state index is 11.2. The molecule has 0 aliphatic heterocycles. The quantitative estimate of drug-likeness (QED) is 0.636. The number of thioether (sulfide) groups is 1. The van der Waals surface area contributed by atoms with Crippen LogP contribution in [0.15, 0.2) is 0 Å². The SMILES string of the molecule is CSCC(C)C(=O)NN(C)C. The van der Waals surface area contributed by atoms with Crippen molar-refractivity contribution in [2.45, 2.75) is 6.92 Å². The largest absolute Gasteiger partial charge is 0.289 e. The van der Waals surface area contributed by atoms with Gasteiger partial charge in [0.15, 0.2) is 0 Å². The average Bonchev–Trinajstić information content (AvgIpc) is 1.86. The van der Waals surface area contributed by atoms with E-state index in [0.29, 0.717) is 0 Å². The molecule has 0 aromatic carbocycles.